The van der Waals surface area contributed by atoms with Crippen LogP contribution in [0.2, 0.25) is 0 Å². The minimum Gasteiger partial charge on any atom is -0.390 e. The summed E-state index contributed by atoms with van der Waals surface area (Å²) < 4.78 is 7.29. The first kappa shape index (κ1) is 12.9. The molecule has 0 amide bonds. The van der Waals surface area contributed by atoms with Gasteiger partial charge in [0.25, 0.3) is 0 Å². The number of ether oxygens (including phenoxy) is 1. The van der Waals surface area contributed by atoms with E-state index in [0.29, 0.717) is 24.0 Å². The second-order valence-electron chi connectivity index (χ2n) is 5.54. The highest BCUT2D eigenvalue weighted by atomic mass is 16.6. The van der Waals surface area contributed by atoms with Crippen LogP contribution in [0.3, 0.4) is 0 Å². The number of nitrogens with zero attached hydrogens (tertiary/aromatic N) is 4. The van der Waals surface area contributed by atoms with Crippen molar-refractivity contribution in [1.29, 1.82) is 0 Å². The largest absolute Gasteiger partial charge is 0.390 e. The first-order chi connectivity index (χ1) is 10.0. The van der Waals surface area contributed by atoms with Crippen LogP contribution in [0.15, 0.2) is 12.7 Å². The van der Waals surface area contributed by atoms with Crippen molar-refractivity contribution >= 4 is 17.0 Å². The van der Waals surface area contributed by atoms with Crippen molar-refractivity contribution in [1.82, 2.24) is 19.5 Å². The summed E-state index contributed by atoms with van der Waals surface area (Å²) in [6.45, 7) is 0. The van der Waals surface area contributed by atoms with E-state index in [2.05, 4.69) is 15.0 Å². The highest BCUT2D eigenvalue weighted by Gasteiger charge is 2.63. The van der Waals surface area contributed by atoms with Crippen LogP contribution in [0.1, 0.15) is 19.1 Å². The van der Waals surface area contributed by atoms with Crippen molar-refractivity contribution in [2.24, 2.45) is 0 Å². The van der Waals surface area contributed by atoms with Crippen molar-refractivity contribution in [2.45, 2.75) is 43.0 Å². The summed E-state index contributed by atoms with van der Waals surface area (Å²) in [6, 6.07) is 0. The Kier molecular flexibility index (Phi) is 2.52. The van der Waals surface area contributed by atoms with Crippen LogP contribution < -0.4 is 5.73 Å². The predicted octanol–water partition coefficient (Wildman–Crippen LogP) is -1.45. The smallest absolute Gasteiger partial charge is 0.167 e. The summed E-state index contributed by atoms with van der Waals surface area (Å²) in [5, 5.41) is 30.4. The van der Waals surface area contributed by atoms with Gasteiger partial charge in [0.05, 0.1) is 12.4 Å². The zero-order chi connectivity index (χ0) is 14.8. The van der Waals surface area contributed by atoms with Gasteiger partial charge in [0.2, 0.25) is 0 Å². The molecule has 3 heterocycles. The summed E-state index contributed by atoms with van der Waals surface area (Å²) in [4.78, 5) is 12.0. The fraction of sp³-hybridized carbons (Fsp3) is 0.583. The Labute approximate surface area is 119 Å². The number of imidazole rings is 1. The molecule has 1 aliphatic heterocycles. The number of aliphatic hydroxyl groups is 3. The topological polar surface area (TPSA) is 140 Å². The molecule has 5 atom stereocenters. The SMILES string of the molecule is Nc1ncnc2c1ncn2C1O[C@@]2(CC[C@@H]2O)[C@H](O)C1O. The molecule has 4 rings (SSSR count). The molecule has 2 fully saturated rings. The van der Waals surface area contributed by atoms with Gasteiger partial charge in [-0.2, -0.15) is 0 Å². The van der Waals surface area contributed by atoms with Crippen LogP contribution in [0.5, 0.6) is 0 Å². The van der Waals surface area contributed by atoms with Crippen LogP contribution in [0, 0.1) is 0 Å². The lowest BCUT2D eigenvalue weighted by atomic mass is 9.73. The van der Waals surface area contributed by atoms with Gasteiger partial charge in [0.15, 0.2) is 17.7 Å². The number of nitrogen functional groups attached to an aromatic ring is 1. The number of anilines is 1. The summed E-state index contributed by atoms with van der Waals surface area (Å²) in [5.74, 6) is 0.227. The van der Waals surface area contributed by atoms with E-state index in [1.54, 1.807) is 0 Å². The maximum atomic E-state index is 10.3. The lowest BCUT2D eigenvalue weighted by Crippen LogP contribution is -2.59. The first-order valence-corrected chi connectivity index (χ1v) is 6.69. The van der Waals surface area contributed by atoms with E-state index in [4.69, 9.17) is 10.5 Å². The van der Waals surface area contributed by atoms with Crippen molar-refractivity contribution < 1.29 is 20.1 Å². The predicted molar refractivity (Wildman–Crippen MR) is 69.8 cm³/mol. The van der Waals surface area contributed by atoms with Crippen LogP contribution in [0.25, 0.3) is 11.2 Å². The van der Waals surface area contributed by atoms with E-state index in [1.807, 2.05) is 0 Å². The van der Waals surface area contributed by atoms with E-state index in [9.17, 15) is 15.3 Å². The fourth-order valence-electron chi connectivity index (χ4n) is 3.13. The van der Waals surface area contributed by atoms with Crippen LogP contribution in [0.4, 0.5) is 5.82 Å². The molecule has 0 bridgehead atoms. The number of rotatable bonds is 1. The molecule has 1 aliphatic carbocycles. The molecular weight excluding hydrogens is 278 g/mol. The number of hydrogen-bond acceptors (Lipinski definition) is 8. The maximum absolute atomic E-state index is 10.3. The minimum atomic E-state index is -1.19. The second kappa shape index (κ2) is 4.10. The normalized spacial score (nSPS) is 39.0. The van der Waals surface area contributed by atoms with E-state index in [1.165, 1.54) is 17.2 Å². The molecule has 9 heteroatoms. The number of nitrogens with two attached hydrogens (primary N) is 1. The molecule has 0 radical (unpaired) electrons. The van der Waals surface area contributed by atoms with E-state index < -0.39 is 30.1 Å². The highest BCUT2D eigenvalue weighted by molar-refractivity contribution is 5.81. The van der Waals surface area contributed by atoms with Crippen molar-refractivity contribution in [3.63, 3.8) is 0 Å². The zero-order valence-corrected chi connectivity index (χ0v) is 11.0. The molecule has 2 aromatic heterocycles. The molecule has 9 nitrogen and oxygen atoms in total. The van der Waals surface area contributed by atoms with Crippen LogP contribution in [-0.2, 0) is 4.74 Å². The van der Waals surface area contributed by atoms with Crippen LogP contribution >= 0.6 is 0 Å². The molecule has 21 heavy (non-hydrogen) atoms. The lowest BCUT2D eigenvalue weighted by Gasteiger charge is -2.44. The Morgan fingerprint density at radius 3 is 2.71 bits per heavy atom. The molecule has 0 aromatic carbocycles. The summed E-state index contributed by atoms with van der Waals surface area (Å²) in [6.07, 6.45) is -0.266. The van der Waals surface area contributed by atoms with E-state index in [0.717, 1.165) is 0 Å². The summed E-state index contributed by atoms with van der Waals surface area (Å²) >= 11 is 0. The fourth-order valence-corrected chi connectivity index (χ4v) is 3.13. The Morgan fingerprint density at radius 1 is 1.29 bits per heavy atom. The zero-order valence-electron chi connectivity index (χ0n) is 11.0. The Balaban J connectivity index is 1.78. The Morgan fingerprint density at radius 2 is 2.10 bits per heavy atom. The monoisotopic (exact) mass is 293 g/mol. The van der Waals surface area contributed by atoms with E-state index in [-0.39, 0.29) is 5.82 Å². The van der Waals surface area contributed by atoms with Gasteiger partial charge < -0.3 is 25.8 Å². The molecular formula is C12H15N5O4. The van der Waals surface area contributed by atoms with Gasteiger partial charge in [-0.1, -0.05) is 0 Å². The van der Waals surface area contributed by atoms with Crippen molar-refractivity contribution in [2.75, 3.05) is 5.73 Å². The lowest BCUT2D eigenvalue weighted by molar-refractivity contribution is -0.213. The van der Waals surface area contributed by atoms with Crippen molar-refractivity contribution in [3.8, 4) is 0 Å². The average Bonchev–Trinajstić information content (AvgIpc) is 3.01. The summed E-state index contributed by atoms with van der Waals surface area (Å²) in [5.41, 5.74) is 5.42. The standard InChI is InChI=1S/C12H15N5O4/c13-9-6-10(15-3-14-9)17(4-16-6)11-7(19)8(20)12(21-11)2-1-5(12)18/h3-5,7-8,11,18-20H,1-2H2,(H2,13,14,15)/t5-,7?,8+,11?,12+/m0/s1. The third-order valence-electron chi connectivity index (χ3n) is 4.49. The maximum Gasteiger partial charge on any atom is 0.167 e. The molecule has 1 saturated carbocycles. The average molecular weight is 293 g/mol. The molecule has 1 saturated heterocycles. The molecule has 2 aliphatic rings. The number of fused-ring (bicyclic) bond motifs is 1. The van der Waals surface area contributed by atoms with Gasteiger partial charge in [0, 0.05) is 0 Å². The van der Waals surface area contributed by atoms with Crippen LogP contribution in [-0.4, -0.2) is 58.8 Å². The highest BCUT2D eigenvalue weighted by Crippen LogP contribution is 2.49. The molecule has 112 valence electrons. The Hall–Kier alpha value is -1.81. The summed E-state index contributed by atoms with van der Waals surface area (Å²) in [7, 11) is 0. The molecule has 2 unspecified atom stereocenters. The number of aliphatic hydroxyl groups excluding tert-OH is 3. The van der Waals surface area contributed by atoms with E-state index >= 15 is 0 Å². The number of aromatic nitrogens is 4. The quantitative estimate of drug-likeness (QED) is 0.501. The minimum absolute atomic E-state index is 0.227. The Bertz CT molecular complexity index is 706. The van der Waals surface area contributed by atoms with Gasteiger partial charge in [-0.3, -0.25) is 4.57 Å². The molecule has 1 spiro atoms. The van der Waals surface area contributed by atoms with Gasteiger partial charge in [-0.15, -0.1) is 0 Å². The van der Waals surface area contributed by atoms with Crippen molar-refractivity contribution in [3.05, 3.63) is 12.7 Å². The molecule has 2 aromatic rings. The first-order valence-electron chi connectivity index (χ1n) is 6.69. The number of hydrogen-bond donors (Lipinski definition) is 4. The van der Waals surface area contributed by atoms with Gasteiger partial charge >= 0.3 is 0 Å². The molecule has 5 N–H and O–H groups in total. The van der Waals surface area contributed by atoms with Gasteiger partial charge in [-0.05, 0) is 12.8 Å². The third-order valence-corrected chi connectivity index (χ3v) is 4.49. The van der Waals surface area contributed by atoms with Gasteiger partial charge in [-0.25, -0.2) is 15.0 Å². The third kappa shape index (κ3) is 1.51. The second-order valence-corrected chi connectivity index (χ2v) is 5.54. The van der Waals surface area contributed by atoms with Gasteiger partial charge in [0.1, 0.15) is 29.7 Å².